The van der Waals surface area contributed by atoms with Crippen molar-refractivity contribution in [1.29, 1.82) is 0 Å². The second kappa shape index (κ2) is 5.87. The molecule has 2 aromatic heterocycles. The lowest BCUT2D eigenvalue weighted by Gasteiger charge is -2.25. The van der Waals surface area contributed by atoms with Crippen LogP contribution in [-0.4, -0.2) is 20.7 Å². The number of primary amides is 1. The summed E-state index contributed by atoms with van der Waals surface area (Å²) in [4.78, 5) is 16.7. The van der Waals surface area contributed by atoms with Crippen molar-refractivity contribution in [3.8, 4) is 11.4 Å². The first kappa shape index (κ1) is 16.1. The third-order valence-corrected chi connectivity index (χ3v) is 4.46. The molecule has 0 bridgehead atoms. The number of hydrogen-bond acceptors (Lipinski definition) is 5. The van der Waals surface area contributed by atoms with Gasteiger partial charge in [0.05, 0.1) is 5.57 Å². The first-order valence-electron chi connectivity index (χ1n) is 8.31. The Morgan fingerprint density at radius 3 is 2.50 bits per heavy atom. The van der Waals surface area contributed by atoms with Crippen LogP contribution >= 0.6 is 0 Å². The maximum absolute atomic E-state index is 12.1. The zero-order valence-electron chi connectivity index (χ0n) is 14.8. The number of aromatic nitrogens is 3. The minimum Gasteiger partial charge on any atom is -0.464 e. The number of carbonyl (C=O) groups excluding carboxylic acids is 1. The molecular weight excluding hydrogens is 330 g/mol. The third-order valence-electron chi connectivity index (χ3n) is 4.46. The van der Waals surface area contributed by atoms with E-state index >= 15 is 0 Å². The zero-order chi connectivity index (χ0) is 18.4. The molecule has 3 heterocycles. The molecule has 0 aliphatic carbocycles. The minimum atomic E-state index is -0.552. The highest BCUT2D eigenvalue weighted by Gasteiger charge is 2.35. The van der Waals surface area contributed by atoms with Crippen molar-refractivity contribution < 1.29 is 9.21 Å². The number of furan rings is 1. The Labute approximate surface area is 150 Å². The molecular formula is C19H19N5O2. The minimum absolute atomic E-state index is 0.409. The monoisotopic (exact) mass is 349 g/mol. The van der Waals surface area contributed by atoms with Gasteiger partial charge in [-0.05, 0) is 32.9 Å². The SMILES string of the molecule is CC1=C(C(N)=O)C(c2ccc(C)o2)n2nc(-c3ccc(C)cc3)nc2N1. The van der Waals surface area contributed by atoms with Crippen molar-refractivity contribution in [2.75, 3.05) is 5.32 Å². The maximum Gasteiger partial charge on any atom is 0.249 e. The summed E-state index contributed by atoms with van der Waals surface area (Å²) in [5, 5.41) is 7.75. The van der Waals surface area contributed by atoms with Gasteiger partial charge in [-0.3, -0.25) is 4.79 Å². The highest BCUT2D eigenvalue weighted by Crippen LogP contribution is 2.36. The molecule has 3 N–H and O–H groups in total. The normalized spacial score (nSPS) is 16.3. The van der Waals surface area contributed by atoms with Crippen LogP contribution in [0.15, 0.2) is 52.1 Å². The molecule has 0 spiro atoms. The molecule has 0 radical (unpaired) electrons. The lowest BCUT2D eigenvalue weighted by molar-refractivity contribution is -0.115. The number of amides is 1. The van der Waals surface area contributed by atoms with Gasteiger partial charge in [0, 0.05) is 11.3 Å². The van der Waals surface area contributed by atoms with E-state index in [2.05, 4.69) is 15.4 Å². The third kappa shape index (κ3) is 2.57. The Hall–Kier alpha value is -3.35. The summed E-state index contributed by atoms with van der Waals surface area (Å²) in [5.74, 6) is 1.94. The fourth-order valence-corrected chi connectivity index (χ4v) is 3.16. The van der Waals surface area contributed by atoms with Crippen molar-refractivity contribution in [3.05, 3.63) is 64.8 Å². The summed E-state index contributed by atoms with van der Waals surface area (Å²) >= 11 is 0. The number of nitrogens with two attached hydrogens (primary N) is 1. The van der Waals surface area contributed by atoms with Gasteiger partial charge in [-0.15, -0.1) is 5.10 Å². The van der Waals surface area contributed by atoms with Crippen LogP contribution in [0.25, 0.3) is 11.4 Å². The Kier molecular flexibility index (Phi) is 3.64. The molecule has 1 aliphatic rings. The van der Waals surface area contributed by atoms with E-state index in [1.54, 1.807) is 11.6 Å². The Morgan fingerprint density at radius 1 is 1.15 bits per heavy atom. The average Bonchev–Trinajstić information content (AvgIpc) is 3.20. The molecule has 7 nitrogen and oxygen atoms in total. The zero-order valence-corrected chi connectivity index (χ0v) is 14.8. The topological polar surface area (TPSA) is 99.0 Å². The van der Waals surface area contributed by atoms with E-state index in [0.29, 0.717) is 28.8 Å². The van der Waals surface area contributed by atoms with Crippen molar-refractivity contribution in [3.63, 3.8) is 0 Å². The molecule has 0 saturated heterocycles. The largest absolute Gasteiger partial charge is 0.464 e. The predicted molar refractivity (Wildman–Crippen MR) is 97.3 cm³/mol. The Bertz CT molecular complexity index is 1030. The van der Waals surface area contributed by atoms with Crippen molar-refractivity contribution in [2.45, 2.75) is 26.8 Å². The number of nitrogens with one attached hydrogen (secondary N) is 1. The van der Waals surface area contributed by atoms with E-state index in [0.717, 1.165) is 16.9 Å². The second-order valence-electron chi connectivity index (χ2n) is 6.45. The van der Waals surface area contributed by atoms with Gasteiger partial charge in [-0.25, -0.2) is 4.68 Å². The first-order chi connectivity index (χ1) is 12.4. The molecule has 3 aromatic rings. The standard InChI is InChI=1S/C19H19N5O2/c1-10-4-7-13(8-5-10)18-22-19-21-12(3)15(17(20)25)16(24(19)23-18)14-9-6-11(2)26-14/h4-9,16H,1-3H3,(H2,20,25)(H,21,22,23). The summed E-state index contributed by atoms with van der Waals surface area (Å²) in [6.45, 7) is 5.68. The molecule has 132 valence electrons. The summed E-state index contributed by atoms with van der Waals surface area (Å²) in [6.07, 6.45) is 0. The molecule has 1 aliphatic heterocycles. The van der Waals surface area contributed by atoms with Crippen LogP contribution in [0.1, 0.15) is 30.0 Å². The Morgan fingerprint density at radius 2 is 1.88 bits per heavy atom. The predicted octanol–water partition coefficient (Wildman–Crippen LogP) is 2.93. The highest BCUT2D eigenvalue weighted by molar-refractivity contribution is 5.95. The summed E-state index contributed by atoms with van der Waals surface area (Å²) in [6, 6.07) is 11.1. The van der Waals surface area contributed by atoms with E-state index in [1.165, 1.54) is 0 Å². The average molecular weight is 349 g/mol. The highest BCUT2D eigenvalue weighted by atomic mass is 16.3. The van der Waals surface area contributed by atoms with Gasteiger partial charge in [-0.1, -0.05) is 29.8 Å². The van der Waals surface area contributed by atoms with Crippen molar-refractivity contribution >= 4 is 11.9 Å². The van der Waals surface area contributed by atoms with Crippen LogP contribution in [0.3, 0.4) is 0 Å². The first-order valence-corrected chi connectivity index (χ1v) is 8.31. The smallest absolute Gasteiger partial charge is 0.249 e. The van der Waals surface area contributed by atoms with E-state index in [-0.39, 0.29) is 0 Å². The van der Waals surface area contributed by atoms with Crippen LogP contribution < -0.4 is 11.1 Å². The number of allylic oxidation sites excluding steroid dienone is 1. The van der Waals surface area contributed by atoms with Crippen LogP contribution in [0.2, 0.25) is 0 Å². The molecule has 1 unspecified atom stereocenters. The maximum atomic E-state index is 12.1. The number of benzene rings is 1. The molecule has 0 fully saturated rings. The molecule has 1 atom stereocenters. The van der Waals surface area contributed by atoms with Gasteiger partial charge in [0.25, 0.3) is 0 Å². The fourth-order valence-electron chi connectivity index (χ4n) is 3.16. The number of fused-ring (bicyclic) bond motifs is 1. The summed E-state index contributed by atoms with van der Waals surface area (Å²) in [7, 11) is 0. The Balaban J connectivity index is 1.86. The second-order valence-corrected chi connectivity index (χ2v) is 6.45. The molecule has 26 heavy (non-hydrogen) atoms. The summed E-state index contributed by atoms with van der Waals surface area (Å²) in [5.41, 5.74) is 8.75. The number of hydrogen-bond donors (Lipinski definition) is 2. The lowest BCUT2D eigenvalue weighted by atomic mass is 10.0. The number of nitrogens with zero attached hydrogens (tertiary/aromatic N) is 3. The van der Waals surface area contributed by atoms with E-state index in [1.807, 2.05) is 50.2 Å². The molecule has 1 amide bonds. The van der Waals surface area contributed by atoms with Gasteiger partial charge in [0.2, 0.25) is 11.9 Å². The molecule has 4 rings (SSSR count). The van der Waals surface area contributed by atoms with Crippen LogP contribution in [0, 0.1) is 13.8 Å². The van der Waals surface area contributed by atoms with Gasteiger partial charge >= 0.3 is 0 Å². The molecule has 7 heteroatoms. The van der Waals surface area contributed by atoms with Crippen molar-refractivity contribution in [2.24, 2.45) is 5.73 Å². The van der Waals surface area contributed by atoms with Gasteiger partial charge in [0.1, 0.15) is 17.6 Å². The van der Waals surface area contributed by atoms with Gasteiger partial charge in [-0.2, -0.15) is 4.98 Å². The van der Waals surface area contributed by atoms with E-state index in [9.17, 15) is 4.79 Å². The fraction of sp³-hybridized carbons (Fsp3) is 0.211. The number of rotatable bonds is 3. The van der Waals surface area contributed by atoms with Crippen LogP contribution in [0.4, 0.5) is 5.95 Å². The van der Waals surface area contributed by atoms with Crippen LogP contribution in [-0.2, 0) is 4.79 Å². The number of aryl methyl sites for hydroxylation is 2. The van der Waals surface area contributed by atoms with Crippen LogP contribution in [0.5, 0.6) is 0 Å². The van der Waals surface area contributed by atoms with Gasteiger partial charge in [0.15, 0.2) is 5.82 Å². The van der Waals surface area contributed by atoms with E-state index < -0.39 is 11.9 Å². The molecule has 1 aromatic carbocycles. The summed E-state index contributed by atoms with van der Waals surface area (Å²) < 4.78 is 7.43. The quantitative estimate of drug-likeness (QED) is 0.757. The van der Waals surface area contributed by atoms with E-state index in [4.69, 9.17) is 10.2 Å². The number of carbonyl (C=O) groups is 1. The van der Waals surface area contributed by atoms with Crippen molar-refractivity contribution in [1.82, 2.24) is 14.8 Å². The number of anilines is 1. The van der Waals surface area contributed by atoms with Gasteiger partial charge < -0.3 is 15.5 Å². The lowest BCUT2D eigenvalue weighted by Crippen LogP contribution is -2.31. The molecule has 0 saturated carbocycles.